The molecule has 0 atom stereocenters. The maximum Gasteiger partial charge on any atom is 0.535 e. The molecule has 0 amide bonds. The number of para-hydroxylation sites is 2. The Bertz CT molecular complexity index is 452. The highest BCUT2D eigenvalue weighted by Crippen LogP contribution is 2.04. The minimum absolute atomic E-state index is 0.852. The van der Waals surface area contributed by atoms with Crippen molar-refractivity contribution in [1.29, 1.82) is 0 Å². The summed E-state index contributed by atoms with van der Waals surface area (Å²) in [4.78, 5) is 13.4. The van der Waals surface area contributed by atoms with Crippen LogP contribution in [0.25, 0.3) is 11.0 Å². The molecule has 0 spiro atoms. The van der Waals surface area contributed by atoms with E-state index in [4.69, 9.17) is 5.11 Å². The molecule has 2 aromatic rings. The summed E-state index contributed by atoms with van der Waals surface area (Å²) in [5, 5.41) is 8.55. The van der Waals surface area contributed by atoms with Crippen molar-refractivity contribution >= 4 is 24.3 Å². The molecule has 5 heteroatoms. The number of rotatable bonds is 2. The summed E-state index contributed by atoms with van der Waals surface area (Å²) in [5.41, 5.74) is 1.77. The summed E-state index contributed by atoms with van der Waals surface area (Å²) < 4.78 is 1.54. The largest absolute Gasteiger partial charge is 0.535 e. The summed E-state index contributed by atoms with van der Waals surface area (Å²) >= 11 is 0. The Labute approximate surface area is 75.1 Å². The Morgan fingerprint density at radius 3 is 3.00 bits per heavy atom. The van der Waals surface area contributed by atoms with Gasteiger partial charge in [-0.2, -0.15) is 0 Å². The van der Waals surface area contributed by atoms with Crippen molar-refractivity contribution in [2.24, 2.45) is 0 Å². The van der Waals surface area contributed by atoms with E-state index in [2.05, 4.69) is 4.98 Å². The fourth-order valence-corrected chi connectivity index (χ4v) is 1.26. The molecule has 0 saturated carbocycles. The van der Waals surface area contributed by atoms with Crippen molar-refractivity contribution < 1.29 is 14.4 Å². The van der Waals surface area contributed by atoms with E-state index in [1.54, 1.807) is 6.33 Å². The Morgan fingerprint density at radius 2 is 2.23 bits per heavy atom. The van der Waals surface area contributed by atoms with Crippen molar-refractivity contribution in [3.8, 4) is 0 Å². The van der Waals surface area contributed by atoms with Crippen LogP contribution in [0.15, 0.2) is 30.6 Å². The van der Waals surface area contributed by atoms with Crippen LogP contribution >= 0.6 is 0 Å². The zero-order chi connectivity index (χ0) is 9.26. The second kappa shape index (κ2) is 2.93. The van der Waals surface area contributed by atoms with E-state index < -0.39 is 5.87 Å². The monoisotopic (exact) mass is 174 g/mol. The lowest BCUT2D eigenvalue weighted by molar-refractivity contribution is -0.496. The number of aromatic nitrogens is 2. The number of hydrogen-bond acceptors (Lipinski definition) is 1. The van der Waals surface area contributed by atoms with Crippen LogP contribution in [0.2, 0.25) is 0 Å². The van der Waals surface area contributed by atoms with E-state index in [1.165, 1.54) is 4.48 Å². The predicted octanol–water partition coefficient (Wildman–Crippen LogP) is 0.601. The number of aromatic amines is 1. The van der Waals surface area contributed by atoms with E-state index in [0.29, 0.717) is 0 Å². The normalized spacial score (nSPS) is 10.2. The Morgan fingerprint density at radius 1 is 1.46 bits per heavy atom. The molecule has 0 aliphatic carbocycles. The molecular weight excluding hydrogens is 167 g/mol. The molecule has 0 saturated heterocycles. The number of fused-ring (bicyclic) bond motifs is 1. The van der Waals surface area contributed by atoms with Gasteiger partial charge >= 0.3 is 13.3 Å². The lowest BCUT2D eigenvalue weighted by atomic mass is 9.95. The van der Waals surface area contributed by atoms with Crippen LogP contribution in [0.1, 0.15) is 0 Å². The number of H-pyrrole nitrogens is 1. The molecular formula is C8H7BN2O2+. The van der Waals surface area contributed by atoms with E-state index >= 15 is 0 Å². The number of nitrogens with one attached hydrogen (secondary N) is 1. The van der Waals surface area contributed by atoms with Gasteiger partial charge in [-0.3, -0.25) is 9.27 Å². The highest BCUT2D eigenvalue weighted by molar-refractivity contribution is 6.64. The maximum atomic E-state index is 10.4. The molecule has 0 aliphatic heterocycles. The van der Waals surface area contributed by atoms with Gasteiger partial charge in [0.2, 0.25) is 6.33 Å². The van der Waals surface area contributed by atoms with Crippen molar-refractivity contribution in [3.63, 3.8) is 0 Å². The van der Waals surface area contributed by atoms with Crippen LogP contribution in [-0.4, -0.2) is 23.4 Å². The lowest BCUT2D eigenvalue weighted by Crippen LogP contribution is -2.43. The average molecular weight is 174 g/mol. The smallest absolute Gasteiger partial charge is 0.486 e. The van der Waals surface area contributed by atoms with Gasteiger partial charge in [0.05, 0.1) is 0 Å². The van der Waals surface area contributed by atoms with Gasteiger partial charge in [-0.15, -0.1) is 0 Å². The fourth-order valence-electron chi connectivity index (χ4n) is 1.26. The molecule has 1 radical (unpaired) electrons. The highest BCUT2D eigenvalue weighted by atomic mass is 16.4. The van der Waals surface area contributed by atoms with Crippen LogP contribution in [0.4, 0.5) is 4.79 Å². The van der Waals surface area contributed by atoms with E-state index in [1.807, 2.05) is 24.3 Å². The Hall–Kier alpha value is -1.78. The second-order valence-electron chi connectivity index (χ2n) is 2.67. The van der Waals surface area contributed by atoms with Gasteiger partial charge in [0.15, 0.2) is 11.0 Å². The second-order valence-corrected chi connectivity index (χ2v) is 2.67. The number of nitrogens with zero attached hydrogens (tertiary/aromatic N) is 1. The predicted molar refractivity (Wildman–Crippen MR) is 47.7 cm³/mol. The third kappa shape index (κ3) is 1.40. The molecule has 1 aromatic heterocycles. The van der Waals surface area contributed by atoms with E-state index in [-0.39, 0.29) is 0 Å². The molecule has 0 bridgehead atoms. The van der Waals surface area contributed by atoms with Crippen molar-refractivity contribution in [2.75, 3.05) is 0 Å². The number of benzene rings is 1. The summed E-state index contributed by atoms with van der Waals surface area (Å²) in [5.74, 6) is -0.963. The van der Waals surface area contributed by atoms with Crippen LogP contribution in [0.5, 0.6) is 0 Å². The van der Waals surface area contributed by atoms with Gasteiger partial charge in [0.1, 0.15) is 0 Å². The first-order valence-corrected chi connectivity index (χ1v) is 3.82. The minimum Gasteiger partial charge on any atom is -0.486 e. The molecule has 13 heavy (non-hydrogen) atoms. The Balaban J connectivity index is 2.51. The quantitative estimate of drug-likeness (QED) is 0.655. The number of carboxylic acid groups (broad SMARTS) is 1. The van der Waals surface area contributed by atoms with Crippen molar-refractivity contribution in [2.45, 2.75) is 0 Å². The summed E-state index contributed by atoms with van der Waals surface area (Å²) in [6, 6.07) is 7.50. The number of imidazole rings is 1. The zero-order valence-corrected chi connectivity index (χ0v) is 6.77. The van der Waals surface area contributed by atoms with Crippen LogP contribution in [0.3, 0.4) is 0 Å². The standard InChI is InChI=1S/C8H7BN2O2/c12-8(13)9-11-5-10-6-3-1-2-4-7(6)11/h1-5,10H,(H,12,13)/q+1. The molecule has 2 rings (SSSR count). The molecule has 2 N–H and O–H groups in total. The molecule has 1 aromatic carbocycles. The SMILES string of the molecule is O=C(O)[B][n+]1c[nH]c2ccccc21. The molecule has 0 unspecified atom stereocenters. The first-order valence-electron chi connectivity index (χ1n) is 3.82. The highest BCUT2D eigenvalue weighted by Gasteiger charge is 2.15. The first kappa shape index (κ1) is 7.85. The van der Waals surface area contributed by atoms with Crippen LogP contribution in [0, 0.1) is 0 Å². The average Bonchev–Trinajstić information content (AvgIpc) is 2.48. The van der Waals surface area contributed by atoms with E-state index in [9.17, 15) is 4.79 Å². The van der Waals surface area contributed by atoms with Gasteiger partial charge in [-0.25, -0.2) is 4.98 Å². The first-order chi connectivity index (χ1) is 6.27. The topological polar surface area (TPSA) is 57.0 Å². The third-order valence-electron chi connectivity index (χ3n) is 1.79. The van der Waals surface area contributed by atoms with Gasteiger partial charge in [0, 0.05) is 0 Å². The zero-order valence-electron chi connectivity index (χ0n) is 6.77. The summed E-state index contributed by atoms with van der Waals surface area (Å²) in [6.07, 6.45) is 1.61. The van der Waals surface area contributed by atoms with Crippen LogP contribution < -0.4 is 4.48 Å². The number of hydrogen-bond donors (Lipinski definition) is 2. The minimum atomic E-state index is -0.963. The van der Waals surface area contributed by atoms with Gasteiger partial charge in [-0.05, 0) is 12.1 Å². The lowest BCUT2D eigenvalue weighted by Gasteiger charge is -1.88. The van der Waals surface area contributed by atoms with Crippen molar-refractivity contribution in [1.82, 2.24) is 4.98 Å². The molecule has 4 nitrogen and oxygen atoms in total. The summed E-state index contributed by atoms with van der Waals surface area (Å²) in [6.45, 7) is 0. The third-order valence-corrected chi connectivity index (χ3v) is 1.79. The van der Waals surface area contributed by atoms with Gasteiger partial charge < -0.3 is 5.11 Å². The maximum absolute atomic E-state index is 10.4. The number of carbonyl (C=O) groups is 1. The summed E-state index contributed by atoms with van der Waals surface area (Å²) in [7, 11) is 1.11. The molecule has 0 aliphatic rings. The van der Waals surface area contributed by atoms with Gasteiger partial charge in [0.25, 0.3) is 0 Å². The molecule has 0 fully saturated rings. The van der Waals surface area contributed by atoms with Crippen molar-refractivity contribution in [3.05, 3.63) is 30.6 Å². The fraction of sp³-hybridized carbons (Fsp3) is 0. The van der Waals surface area contributed by atoms with Crippen LogP contribution in [-0.2, 0) is 0 Å². The molecule has 1 heterocycles. The molecule has 63 valence electrons. The van der Waals surface area contributed by atoms with Gasteiger partial charge in [-0.1, -0.05) is 12.1 Å². The Kier molecular flexibility index (Phi) is 1.77. The van der Waals surface area contributed by atoms with E-state index in [0.717, 1.165) is 18.4 Å².